The molecule has 0 bridgehead atoms. The van der Waals surface area contributed by atoms with E-state index in [1.54, 1.807) is 6.07 Å². The Morgan fingerprint density at radius 1 is 1.47 bits per heavy atom. The number of carbonyl (C=O) groups is 2. The van der Waals surface area contributed by atoms with Gasteiger partial charge in [0, 0.05) is 17.4 Å². The number of carbonyl (C=O) groups excluding carboxylic acids is 2. The van der Waals surface area contributed by atoms with E-state index < -0.39 is 0 Å². The van der Waals surface area contributed by atoms with Gasteiger partial charge in [0.15, 0.2) is 0 Å². The summed E-state index contributed by atoms with van der Waals surface area (Å²) in [4.78, 5) is 23.7. The van der Waals surface area contributed by atoms with Crippen LogP contribution < -0.4 is 10.2 Å². The maximum Gasteiger partial charge on any atom is 0.226 e. The first kappa shape index (κ1) is 10.2. The van der Waals surface area contributed by atoms with E-state index in [1.807, 2.05) is 12.1 Å². The predicted octanol–water partition coefficient (Wildman–Crippen LogP) is 1.75. The van der Waals surface area contributed by atoms with Gasteiger partial charge in [0.25, 0.3) is 0 Å². The van der Waals surface area contributed by atoms with Gasteiger partial charge in [-0.3, -0.25) is 9.59 Å². The van der Waals surface area contributed by atoms with Crippen molar-refractivity contribution in [2.24, 2.45) is 0 Å². The highest BCUT2D eigenvalue weighted by Crippen LogP contribution is 2.30. The van der Waals surface area contributed by atoms with Crippen molar-refractivity contribution in [3.8, 4) is 0 Å². The molecule has 1 aliphatic rings. The second-order valence-corrected chi connectivity index (χ2v) is 4.17. The molecule has 0 fully saturated rings. The third-order valence-electron chi connectivity index (χ3n) is 2.25. The zero-order valence-electron chi connectivity index (χ0n) is 7.87. The van der Waals surface area contributed by atoms with Gasteiger partial charge in [-0.25, -0.2) is 0 Å². The molecule has 4 nitrogen and oxygen atoms in total. The van der Waals surface area contributed by atoms with E-state index in [-0.39, 0.29) is 5.91 Å². The van der Waals surface area contributed by atoms with Crippen LogP contribution in [0.5, 0.6) is 0 Å². The molecule has 78 valence electrons. The predicted molar refractivity (Wildman–Crippen MR) is 60.8 cm³/mol. The number of nitrogens with one attached hydrogen (secondary N) is 1. The van der Waals surface area contributed by atoms with Crippen molar-refractivity contribution in [1.29, 1.82) is 0 Å². The summed E-state index contributed by atoms with van der Waals surface area (Å²) in [6.07, 6.45) is 1.07. The smallest absolute Gasteiger partial charge is 0.226 e. The second kappa shape index (κ2) is 4.02. The monoisotopic (exact) mass is 268 g/mol. The van der Waals surface area contributed by atoms with Crippen molar-refractivity contribution >= 4 is 39.6 Å². The van der Waals surface area contributed by atoms with Crippen LogP contribution in [-0.4, -0.2) is 18.9 Å². The van der Waals surface area contributed by atoms with Crippen molar-refractivity contribution in [1.82, 2.24) is 0 Å². The molecule has 1 N–H and O–H groups in total. The van der Waals surface area contributed by atoms with Crippen LogP contribution in [0.2, 0.25) is 0 Å². The summed E-state index contributed by atoms with van der Waals surface area (Å²) in [5.74, 6) is -0.0667. The molecule has 0 aromatic heterocycles. The average Bonchev–Trinajstić information content (AvgIpc) is 2.37. The van der Waals surface area contributed by atoms with Gasteiger partial charge >= 0.3 is 0 Å². The summed E-state index contributed by atoms with van der Waals surface area (Å²) in [5, 5.41) is 2.75. The van der Waals surface area contributed by atoms with E-state index in [9.17, 15) is 9.59 Å². The fraction of sp³-hybridized carbons (Fsp3) is 0.200. The molecule has 0 spiro atoms. The number of hydrogen-bond acceptors (Lipinski definition) is 2. The Bertz CT molecular complexity index is 420. The third kappa shape index (κ3) is 2.02. The minimum atomic E-state index is -0.0667. The van der Waals surface area contributed by atoms with Gasteiger partial charge in [-0.15, -0.1) is 0 Å². The Balaban J connectivity index is 2.49. The van der Waals surface area contributed by atoms with E-state index in [0.29, 0.717) is 18.7 Å². The lowest BCUT2D eigenvalue weighted by Gasteiger charge is -2.16. The van der Waals surface area contributed by atoms with Gasteiger partial charge in [-0.1, -0.05) is 15.9 Å². The third-order valence-corrected chi connectivity index (χ3v) is 2.74. The number of halogens is 1. The topological polar surface area (TPSA) is 49.4 Å². The van der Waals surface area contributed by atoms with Crippen LogP contribution >= 0.6 is 15.9 Å². The van der Waals surface area contributed by atoms with Crippen LogP contribution in [0.3, 0.4) is 0 Å². The average molecular weight is 269 g/mol. The molecule has 2 rings (SSSR count). The zero-order valence-corrected chi connectivity index (χ0v) is 9.45. The Hall–Kier alpha value is -1.36. The zero-order chi connectivity index (χ0) is 10.8. The molecule has 0 aliphatic carbocycles. The lowest BCUT2D eigenvalue weighted by atomic mass is 10.2. The summed E-state index contributed by atoms with van der Waals surface area (Å²) in [6.45, 7) is 0.415. The summed E-state index contributed by atoms with van der Waals surface area (Å²) >= 11 is 3.33. The highest BCUT2D eigenvalue weighted by atomic mass is 79.9. The van der Waals surface area contributed by atoms with Gasteiger partial charge in [0.2, 0.25) is 12.3 Å². The van der Waals surface area contributed by atoms with Crippen molar-refractivity contribution < 1.29 is 9.59 Å². The van der Waals surface area contributed by atoms with Crippen LogP contribution in [0.4, 0.5) is 11.4 Å². The Kier molecular flexibility index (Phi) is 2.73. The quantitative estimate of drug-likeness (QED) is 0.790. The van der Waals surface area contributed by atoms with Gasteiger partial charge < -0.3 is 10.2 Å². The lowest BCUT2D eigenvalue weighted by Crippen LogP contribution is -2.22. The molecule has 0 unspecified atom stereocenters. The lowest BCUT2D eigenvalue weighted by molar-refractivity contribution is -0.116. The van der Waals surface area contributed by atoms with E-state index in [4.69, 9.17) is 0 Å². The molecule has 0 atom stereocenters. The molecule has 0 saturated heterocycles. The molecular formula is C10H9BrN2O2. The van der Waals surface area contributed by atoms with Crippen LogP contribution in [0.25, 0.3) is 0 Å². The molecule has 0 saturated carbocycles. The first-order valence-electron chi connectivity index (χ1n) is 4.52. The Morgan fingerprint density at radius 3 is 3.00 bits per heavy atom. The highest BCUT2D eigenvalue weighted by Gasteiger charge is 2.18. The molecule has 1 aliphatic heterocycles. The van der Waals surface area contributed by atoms with Gasteiger partial charge in [-0.05, 0) is 18.2 Å². The number of nitrogens with zero attached hydrogens (tertiary/aromatic N) is 1. The van der Waals surface area contributed by atoms with E-state index in [1.165, 1.54) is 4.90 Å². The summed E-state index contributed by atoms with van der Waals surface area (Å²) in [6, 6.07) is 5.42. The molecule has 1 heterocycles. The van der Waals surface area contributed by atoms with Crippen LogP contribution in [0, 0.1) is 0 Å². The molecule has 1 aromatic carbocycles. The molecule has 15 heavy (non-hydrogen) atoms. The maximum absolute atomic E-state index is 11.3. The van der Waals surface area contributed by atoms with E-state index >= 15 is 0 Å². The van der Waals surface area contributed by atoms with Gasteiger partial charge in [0.1, 0.15) is 0 Å². The van der Waals surface area contributed by atoms with Crippen molar-refractivity contribution in [2.45, 2.75) is 6.42 Å². The molecular weight excluding hydrogens is 260 g/mol. The fourth-order valence-electron chi connectivity index (χ4n) is 1.51. The molecule has 2 amide bonds. The molecule has 0 radical (unpaired) electrons. The number of anilines is 2. The minimum absolute atomic E-state index is 0.0667. The Labute approximate surface area is 95.4 Å². The first-order chi connectivity index (χ1) is 7.20. The molecule has 5 heteroatoms. The van der Waals surface area contributed by atoms with E-state index in [0.717, 1.165) is 16.6 Å². The fourth-order valence-corrected chi connectivity index (χ4v) is 1.86. The standard InChI is InChI=1S/C10H9BrN2O2/c11-7-1-2-8-9(5-7)13(6-14)4-3-10(15)12-8/h1-2,5-6H,3-4H2,(H,12,15). The summed E-state index contributed by atoms with van der Waals surface area (Å²) in [7, 11) is 0. The normalized spacial score (nSPS) is 15.3. The number of fused-ring (bicyclic) bond motifs is 1. The first-order valence-corrected chi connectivity index (χ1v) is 5.31. The number of benzene rings is 1. The summed E-state index contributed by atoms with van der Waals surface area (Å²) in [5.41, 5.74) is 1.40. The summed E-state index contributed by atoms with van der Waals surface area (Å²) < 4.78 is 0.879. The number of amides is 2. The van der Waals surface area contributed by atoms with Crippen molar-refractivity contribution in [2.75, 3.05) is 16.8 Å². The SMILES string of the molecule is O=CN1CCC(=O)Nc2ccc(Br)cc21. The number of rotatable bonds is 1. The number of hydrogen-bond donors (Lipinski definition) is 1. The highest BCUT2D eigenvalue weighted by molar-refractivity contribution is 9.10. The van der Waals surface area contributed by atoms with Gasteiger partial charge in [-0.2, -0.15) is 0 Å². The van der Waals surface area contributed by atoms with E-state index in [2.05, 4.69) is 21.2 Å². The second-order valence-electron chi connectivity index (χ2n) is 3.26. The van der Waals surface area contributed by atoms with Crippen molar-refractivity contribution in [3.63, 3.8) is 0 Å². The van der Waals surface area contributed by atoms with Crippen LogP contribution in [0.15, 0.2) is 22.7 Å². The van der Waals surface area contributed by atoms with Gasteiger partial charge in [0.05, 0.1) is 11.4 Å². The van der Waals surface area contributed by atoms with Crippen LogP contribution in [-0.2, 0) is 9.59 Å². The van der Waals surface area contributed by atoms with Crippen LogP contribution in [0.1, 0.15) is 6.42 Å². The largest absolute Gasteiger partial charge is 0.324 e. The Morgan fingerprint density at radius 2 is 2.27 bits per heavy atom. The molecule has 1 aromatic rings. The van der Waals surface area contributed by atoms with Crippen molar-refractivity contribution in [3.05, 3.63) is 22.7 Å². The maximum atomic E-state index is 11.3. The minimum Gasteiger partial charge on any atom is -0.324 e.